The third-order valence-electron chi connectivity index (χ3n) is 2.57. The minimum Gasteiger partial charge on any atom is -0.465 e. The van der Waals surface area contributed by atoms with E-state index in [0.717, 1.165) is 5.56 Å². The minimum absolute atomic E-state index is 0.0363. The smallest absolute Gasteiger partial charge is 0.337 e. The Morgan fingerprint density at radius 2 is 1.90 bits per heavy atom. The molecule has 1 rings (SSSR count). The molecule has 20 heavy (non-hydrogen) atoms. The highest BCUT2D eigenvalue weighted by atomic mass is 16.5. The fourth-order valence-electron chi connectivity index (χ4n) is 1.47. The molecule has 0 bridgehead atoms. The first-order valence-corrected chi connectivity index (χ1v) is 6.36. The molecule has 0 heterocycles. The van der Waals surface area contributed by atoms with Gasteiger partial charge in [-0.15, -0.1) is 0 Å². The Kier molecular flexibility index (Phi) is 5.27. The second kappa shape index (κ2) is 6.52. The van der Waals surface area contributed by atoms with Gasteiger partial charge in [0.1, 0.15) is 6.61 Å². The van der Waals surface area contributed by atoms with Crippen LogP contribution in [0.15, 0.2) is 18.2 Å². The van der Waals surface area contributed by atoms with Gasteiger partial charge in [-0.2, -0.15) is 0 Å². The zero-order valence-electron chi connectivity index (χ0n) is 12.6. The first-order chi connectivity index (χ1) is 9.23. The average molecular weight is 279 g/mol. The summed E-state index contributed by atoms with van der Waals surface area (Å²) in [6.45, 7) is 7.45. The van der Waals surface area contributed by atoms with Crippen LogP contribution >= 0.6 is 0 Å². The van der Waals surface area contributed by atoms with Gasteiger partial charge in [-0.1, -0.05) is 6.07 Å². The van der Waals surface area contributed by atoms with E-state index in [4.69, 9.17) is 4.74 Å². The summed E-state index contributed by atoms with van der Waals surface area (Å²) in [6.07, 6.45) is 0. The van der Waals surface area contributed by atoms with E-state index in [9.17, 15) is 9.59 Å². The number of rotatable bonds is 4. The van der Waals surface area contributed by atoms with Gasteiger partial charge in [0, 0.05) is 5.69 Å². The number of carbonyl (C=O) groups excluding carboxylic acids is 2. The summed E-state index contributed by atoms with van der Waals surface area (Å²) >= 11 is 0. The Bertz CT molecular complexity index is 503. The van der Waals surface area contributed by atoms with E-state index in [2.05, 4.69) is 10.1 Å². The van der Waals surface area contributed by atoms with Crippen molar-refractivity contribution in [3.8, 4) is 0 Å². The van der Waals surface area contributed by atoms with Crippen molar-refractivity contribution in [1.29, 1.82) is 0 Å². The topological polar surface area (TPSA) is 64.6 Å². The molecule has 0 aliphatic rings. The highest BCUT2D eigenvalue weighted by molar-refractivity contribution is 5.95. The molecule has 0 saturated carbocycles. The third kappa shape index (κ3) is 5.01. The maximum atomic E-state index is 11.8. The van der Waals surface area contributed by atoms with Gasteiger partial charge >= 0.3 is 5.97 Å². The number of amides is 1. The summed E-state index contributed by atoms with van der Waals surface area (Å²) in [4.78, 5) is 23.3. The van der Waals surface area contributed by atoms with Crippen LogP contribution in [-0.4, -0.2) is 31.2 Å². The maximum Gasteiger partial charge on any atom is 0.337 e. The van der Waals surface area contributed by atoms with Gasteiger partial charge in [-0.3, -0.25) is 4.79 Å². The number of hydrogen-bond donors (Lipinski definition) is 1. The van der Waals surface area contributed by atoms with Crippen molar-refractivity contribution in [3.05, 3.63) is 29.3 Å². The van der Waals surface area contributed by atoms with Crippen LogP contribution in [0.5, 0.6) is 0 Å². The molecule has 1 amide bonds. The largest absolute Gasteiger partial charge is 0.465 e. The second-order valence-corrected chi connectivity index (χ2v) is 5.47. The number of nitrogens with one attached hydrogen (secondary N) is 1. The molecular formula is C15H21NO4. The highest BCUT2D eigenvalue weighted by Gasteiger charge is 2.14. The summed E-state index contributed by atoms with van der Waals surface area (Å²) in [5, 5.41) is 2.73. The van der Waals surface area contributed by atoms with Crippen LogP contribution in [0.1, 0.15) is 36.7 Å². The second-order valence-electron chi connectivity index (χ2n) is 5.47. The molecule has 1 N–H and O–H groups in total. The highest BCUT2D eigenvalue weighted by Crippen LogP contribution is 2.18. The van der Waals surface area contributed by atoms with E-state index in [1.165, 1.54) is 7.11 Å². The molecule has 0 fully saturated rings. The molecule has 0 aliphatic carbocycles. The van der Waals surface area contributed by atoms with Crippen molar-refractivity contribution in [1.82, 2.24) is 0 Å². The van der Waals surface area contributed by atoms with E-state index in [1.54, 1.807) is 18.2 Å². The molecule has 0 aromatic heterocycles. The molecule has 0 spiro atoms. The summed E-state index contributed by atoms with van der Waals surface area (Å²) in [5.41, 5.74) is 1.46. The molecule has 0 atom stereocenters. The van der Waals surface area contributed by atoms with Crippen LogP contribution in [-0.2, 0) is 14.3 Å². The van der Waals surface area contributed by atoms with Crippen molar-refractivity contribution in [2.75, 3.05) is 19.0 Å². The number of hydrogen-bond acceptors (Lipinski definition) is 4. The summed E-state index contributed by atoms with van der Waals surface area (Å²) in [5.74, 6) is -0.698. The average Bonchev–Trinajstić information content (AvgIpc) is 2.37. The van der Waals surface area contributed by atoms with Gasteiger partial charge < -0.3 is 14.8 Å². The lowest BCUT2D eigenvalue weighted by atomic mass is 10.1. The number of aryl methyl sites for hydroxylation is 1. The van der Waals surface area contributed by atoms with Crippen molar-refractivity contribution in [2.45, 2.75) is 33.3 Å². The molecule has 1 aromatic rings. The number of carbonyl (C=O) groups is 2. The lowest BCUT2D eigenvalue weighted by Gasteiger charge is -2.19. The molecule has 110 valence electrons. The standard InChI is InChI=1S/C15H21NO4/c1-10-6-7-11(14(18)19-5)8-12(10)16-13(17)9-20-15(2,3)4/h6-8H,9H2,1-5H3,(H,16,17). The van der Waals surface area contributed by atoms with E-state index >= 15 is 0 Å². The minimum atomic E-state index is -0.438. The summed E-state index contributed by atoms with van der Waals surface area (Å²) in [7, 11) is 1.32. The Labute approximate surface area is 119 Å². The Balaban J connectivity index is 2.76. The fraction of sp³-hybridized carbons (Fsp3) is 0.467. The lowest BCUT2D eigenvalue weighted by molar-refractivity contribution is -0.125. The Morgan fingerprint density at radius 1 is 1.25 bits per heavy atom. The van der Waals surface area contributed by atoms with E-state index in [1.807, 2.05) is 27.7 Å². The first-order valence-electron chi connectivity index (χ1n) is 6.36. The van der Waals surface area contributed by atoms with E-state index in [0.29, 0.717) is 11.3 Å². The molecule has 5 nitrogen and oxygen atoms in total. The molecule has 1 aromatic carbocycles. The van der Waals surface area contributed by atoms with Crippen molar-refractivity contribution in [3.63, 3.8) is 0 Å². The van der Waals surface area contributed by atoms with Gasteiger partial charge in [-0.25, -0.2) is 4.79 Å². The van der Waals surface area contributed by atoms with E-state index in [-0.39, 0.29) is 18.1 Å². The SMILES string of the molecule is COC(=O)c1ccc(C)c(NC(=O)COC(C)(C)C)c1. The van der Waals surface area contributed by atoms with Crippen molar-refractivity contribution in [2.24, 2.45) is 0 Å². The quantitative estimate of drug-likeness (QED) is 0.860. The number of esters is 1. The molecular weight excluding hydrogens is 258 g/mol. The predicted molar refractivity (Wildman–Crippen MR) is 76.9 cm³/mol. The molecule has 0 saturated heterocycles. The van der Waals surface area contributed by atoms with Crippen LogP contribution in [0.3, 0.4) is 0 Å². The van der Waals surface area contributed by atoms with Crippen molar-refractivity contribution < 1.29 is 19.1 Å². The molecule has 5 heteroatoms. The fourth-order valence-corrected chi connectivity index (χ4v) is 1.47. The lowest BCUT2D eigenvalue weighted by Crippen LogP contribution is -2.27. The Hall–Kier alpha value is -1.88. The number of methoxy groups -OCH3 is 1. The van der Waals surface area contributed by atoms with Crippen LogP contribution < -0.4 is 5.32 Å². The van der Waals surface area contributed by atoms with Crippen molar-refractivity contribution >= 4 is 17.6 Å². The van der Waals surface area contributed by atoms with Gasteiger partial charge in [0.05, 0.1) is 18.3 Å². The number of benzene rings is 1. The van der Waals surface area contributed by atoms with Gasteiger partial charge in [-0.05, 0) is 45.4 Å². The van der Waals surface area contributed by atoms with Gasteiger partial charge in [0.15, 0.2) is 0 Å². The first kappa shape index (κ1) is 16.2. The van der Waals surface area contributed by atoms with Gasteiger partial charge in [0.25, 0.3) is 0 Å². The normalized spacial score (nSPS) is 11.1. The third-order valence-corrected chi connectivity index (χ3v) is 2.57. The summed E-state index contributed by atoms with van der Waals surface area (Å²) < 4.78 is 10.1. The molecule has 0 unspecified atom stereocenters. The monoisotopic (exact) mass is 279 g/mol. The number of ether oxygens (including phenoxy) is 2. The van der Waals surface area contributed by atoms with Crippen LogP contribution in [0.25, 0.3) is 0 Å². The number of anilines is 1. The Morgan fingerprint density at radius 3 is 2.45 bits per heavy atom. The zero-order valence-corrected chi connectivity index (χ0v) is 12.6. The van der Waals surface area contributed by atoms with E-state index < -0.39 is 5.97 Å². The maximum absolute atomic E-state index is 11.8. The molecule has 0 radical (unpaired) electrons. The van der Waals surface area contributed by atoms with Gasteiger partial charge in [0.2, 0.25) is 5.91 Å². The molecule has 0 aliphatic heterocycles. The van der Waals surface area contributed by atoms with Crippen LogP contribution in [0.4, 0.5) is 5.69 Å². The van der Waals surface area contributed by atoms with Crippen LogP contribution in [0.2, 0.25) is 0 Å². The zero-order chi connectivity index (χ0) is 15.3. The predicted octanol–water partition coefficient (Wildman–Crippen LogP) is 2.54. The van der Waals surface area contributed by atoms with Crippen LogP contribution in [0, 0.1) is 6.92 Å². The summed E-state index contributed by atoms with van der Waals surface area (Å²) in [6, 6.07) is 5.01.